The normalized spacial score (nSPS) is 22.4. The highest BCUT2D eigenvalue weighted by Gasteiger charge is 2.30. The fraction of sp³-hybridized carbons (Fsp3) is 0.545. The first-order valence-electron chi connectivity index (χ1n) is 10.4. The molecule has 1 aliphatic rings. The average molecular weight is 405 g/mol. The maximum Gasteiger partial charge on any atom is 0.241 e. The molecule has 1 saturated heterocycles. The molecule has 1 aliphatic heterocycles. The van der Waals surface area contributed by atoms with Crippen molar-refractivity contribution >= 4 is 20.8 Å². The van der Waals surface area contributed by atoms with Crippen molar-refractivity contribution in [2.75, 3.05) is 13.1 Å². The SMILES string of the molecule is CC[C@@H]1CCC[C@H](CC)N1CC(O)CNS(=O)(=O)c1cccc2ccccc12. The van der Waals surface area contributed by atoms with Crippen molar-refractivity contribution in [1.82, 2.24) is 9.62 Å². The Morgan fingerprint density at radius 2 is 1.71 bits per heavy atom. The van der Waals surface area contributed by atoms with Crippen molar-refractivity contribution in [2.24, 2.45) is 0 Å². The Morgan fingerprint density at radius 1 is 1.07 bits per heavy atom. The Hall–Kier alpha value is -1.47. The summed E-state index contributed by atoms with van der Waals surface area (Å²) in [5.41, 5.74) is 0. The predicted molar refractivity (Wildman–Crippen MR) is 114 cm³/mol. The highest BCUT2D eigenvalue weighted by molar-refractivity contribution is 7.89. The number of benzene rings is 2. The van der Waals surface area contributed by atoms with E-state index in [0.29, 0.717) is 24.0 Å². The highest BCUT2D eigenvalue weighted by Crippen LogP contribution is 2.27. The number of piperidine rings is 1. The Bertz CT molecular complexity index is 867. The summed E-state index contributed by atoms with van der Waals surface area (Å²) in [6.45, 7) is 4.90. The molecule has 2 aromatic rings. The van der Waals surface area contributed by atoms with Crippen molar-refractivity contribution in [3.63, 3.8) is 0 Å². The van der Waals surface area contributed by atoms with Crippen LogP contribution < -0.4 is 4.72 Å². The number of sulfonamides is 1. The number of rotatable bonds is 8. The Kier molecular flexibility index (Phi) is 7.10. The molecule has 0 aromatic heterocycles. The summed E-state index contributed by atoms with van der Waals surface area (Å²) in [6, 6.07) is 13.6. The van der Waals surface area contributed by atoms with E-state index >= 15 is 0 Å². The van der Waals surface area contributed by atoms with Crippen LogP contribution in [-0.4, -0.2) is 49.7 Å². The molecular weight excluding hydrogens is 372 g/mol. The van der Waals surface area contributed by atoms with Gasteiger partial charge in [0.15, 0.2) is 0 Å². The summed E-state index contributed by atoms with van der Waals surface area (Å²) in [4.78, 5) is 2.65. The molecule has 0 amide bonds. The standard InChI is InChI=1S/C22H32N2O3S/c1-3-18-11-8-12-19(4-2)24(18)16-20(25)15-23-28(26,27)22-14-7-10-17-9-5-6-13-21(17)22/h5-7,9-10,13-14,18-20,23,25H,3-4,8,11-12,15-16H2,1-2H3/t18-,19+,20?. The first-order valence-corrected chi connectivity index (χ1v) is 11.9. The second kappa shape index (κ2) is 9.35. The van der Waals surface area contributed by atoms with Crippen LogP contribution in [0.15, 0.2) is 47.4 Å². The van der Waals surface area contributed by atoms with Gasteiger partial charge in [-0.05, 0) is 37.1 Å². The van der Waals surface area contributed by atoms with Gasteiger partial charge in [0.25, 0.3) is 0 Å². The number of hydrogen-bond acceptors (Lipinski definition) is 4. The molecule has 3 rings (SSSR count). The third-order valence-electron chi connectivity index (χ3n) is 5.92. The molecule has 0 aliphatic carbocycles. The lowest BCUT2D eigenvalue weighted by Gasteiger charge is -2.42. The maximum atomic E-state index is 12.8. The van der Waals surface area contributed by atoms with Crippen molar-refractivity contribution in [3.8, 4) is 0 Å². The Labute approximate surface area is 168 Å². The summed E-state index contributed by atoms with van der Waals surface area (Å²) in [5.74, 6) is 0. The largest absolute Gasteiger partial charge is 0.390 e. The van der Waals surface area contributed by atoms with Crippen molar-refractivity contribution in [2.45, 2.75) is 69.0 Å². The van der Waals surface area contributed by atoms with Gasteiger partial charge in [-0.2, -0.15) is 0 Å². The molecule has 0 bridgehead atoms. The van der Waals surface area contributed by atoms with E-state index in [-0.39, 0.29) is 11.4 Å². The minimum absolute atomic E-state index is 0.0227. The van der Waals surface area contributed by atoms with Gasteiger partial charge in [0.2, 0.25) is 10.0 Å². The lowest BCUT2D eigenvalue weighted by atomic mass is 9.92. The topological polar surface area (TPSA) is 69.6 Å². The van der Waals surface area contributed by atoms with Crippen molar-refractivity contribution in [1.29, 1.82) is 0 Å². The number of nitrogens with one attached hydrogen (secondary N) is 1. The first kappa shape index (κ1) is 21.2. The van der Waals surface area contributed by atoms with Crippen LogP contribution in [0, 0.1) is 0 Å². The van der Waals surface area contributed by atoms with Crippen molar-refractivity contribution in [3.05, 3.63) is 42.5 Å². The summed E-state index contributed by atoms with van der Waals surface area (Å²) in [7, 11) is -3.69. The number of β-amino-alcohol motifs (C(OH)–C–C–N with tert-alkyl or cyclic N) is 1. The van der Waals surface area contributed by atoms with Gasteiger partial charge < -0.3 is 5.11 Å². The van der Waals surface area contributed by atoms with Gasteiger partial charge >= 0.3 is 0 Å². The minimum Gasteiger partial charge on any atom is -0.390 e. The molecular formula is C22H32N2O3S. The monoisotopic (exact) mass is 404 g/mol. The van der Waals surface area contributed by atoms with Crippen molar-refractivity contribution < 1.29 is 13.5 Å². The molecule has 28 heavy (non-hydrogen) atoms. The molecule has 1 heterocycles. The van der Waals surface area contributed by atoms with E-state index in [1.54, 1.807) is 12.1 Å². The number of aliphatic hydroxyl groups is 1. The Morgan fingerprint density at radius 3 is 2.39 bits per heavy atom. The summed E-state index contributed by atoms with van der Waals surface area (Å²) in [5, 5.41) is 12.2. The minimum atomic E-state index is -3.69. The zero-order chi connectivity index (χ0) is 20.1. The van der Waals surface area contributed by atoms with Crippen LogP contribution in [0.4, 0.5) is 0 Å². The van der Waals surface area contributed by atoms with E-state index in [0.717, 1.165) is 31.1 Å². The van der Waals surface area contributed by atoms with E-state index in [2.05, 4.69) is 23.5 Å². The van der Waals surface area contributed by atoms with Gasteiger partial charge in [-0.1, -0.05) is 56.7 Å². The Balaban J connectivity index is 1.68. The summed E-state index contributed by atoms with van der Waals surface area (Å²) >= 11 is 0. The van der Waals surface area contributed by atoms with Gasteiger partial charge in [0, 0.05) is 30.6 Å². The van der Waals surface area contributed by atoms with Crippen LogP contribution in [0.25, 0.3) is 10.8 Å². The quantitative estimate of drug-likeness (QED) is 0.706. The smallest absolute Gasteiger partial charge is 0.241 e. The molecule has 0 radical (unpaired) electrons. The number of nitrogens with zero attached hydrogens (tertiary/aromatic N) is 1. The van der Waals surface area contributed by atoms with Gasteiger partial charge in [0.1, 0.15) is 0 Å². The predicted octanol–water partition coefficient (Wildman–Crippen LogP) is 3.52. The average Bonchev–Trinajstić information content (AvgIpc) is 2.72. The summed E-state index contributed by atoms with van der Waals surface area (Å²) < 4.78 is 28.3. The van der Waals surface area contributed by atoms with Crippen LogP contribution in [0.5, 0.6) is 0 Å². The van der Waals surface area contributed by atoms with Crippen LogP contribution >= 0.6 is 0 Å². The van der Waals surface area contributed by atoms with Gasteiger partial charge in [-0.15, -0.1) is 0 Å². The molecule has 154 valence electrons. The molecule has 3 atom stereocenters. The lowest BCUT2D eigenvalue weighted by molar-refractivity contribution is 0.0279. The molecule has 0 saturated carbocycles. The molecule has 2 aromatic carbocycles. The molecule has 5 nitrogen and oxygen atoms in total. The summed E-state index contributed by atoms with van der Waals surface area (Å²) in [6.07, 6.45) is 4.93. The number of hydrogen-bond donors (Lipinski definition) is 2. The van der Waals surface area contributed by atoms with Crippen LogP contribution in [0.2, 0.25) is 0 Å². The van der Waals surface area contributed by atoms with Crippen LogP contribution in [0.3, 0.4) is 0 Å². The van der Waals surface area contributed by atoms with E-state index in [1.165, 1.54) is 6.42 Å². The zero-order valence-electron chi connectivity index (χ0n) is 16.8. The second-order valence-electron chi connectivity index (χ2n) is 7.73. The van der Waals surface area contributed by atoms with Gasteiger partial charge in [-0.25, -0.2) is 13.1 Å². The number of aliphatic hydroxyl groups excluding tert-OH is 1. The third-order valence-corrected chi connectivity index (χ3v) is 7.41. The fourth-order valence-corrected chi connectivity index (χ4v) is 5.72. The van der Waals surface area contributed by atoms with E-state index in [9.17, 15) is 13.5 Å². The first-order chi connectivity index (χ1) is 13.5. The highest BCUT2D eigenvalue weighted by atomic mass is 32.2. The van der Waals surface area contributed by atoms with E-state index in [4.69, 9.17) is 0 Å². The number of fused-ring (bicyclic) bond motifs is 1. The zero-order valence-corrected chi connectivity index (χ0v) is 17.7. The van der Waals surface area contributed by atoms with Crippen LogP contribution in [-0.2, 0) is 10.0 Å². The molecule has 1 fully saturated rings. The van der Waals surface area contributed by atoms with Crippen LogP contribution in [0.1, 0.15) is 46.0 Å². The van der Waals surface area contributed by atoms with E-state index in [1.807, 2.05) is 30.3 Å². The van der Waals surface area contributed by atoms with Gasteiger partial charge in [-0.3, -0.25) is 4.90 Å². The third kappa shape index (κ3) is 4.74. The number of likely N-dealkylation sites (tertiary alicyclic amines) is 1. The second-order valence-corrected chi connectivity index (χ2v) is 9.47. The van der Waals surface area contributed by atoms with Gasteiger partial charge in [0.05, 0.1) is 11.0 Å². The fourth-order valence-electron chi connectivity index (χ4n) is 4.42. The molecule has 6 heteroatoms. The van der Waals surface area contributed by atoms with E-state index < -0.39 is 16.1 Å². The molecule has 0 spiro atoms. The molecule has 1 unspecified atom stereocenters. The lowest BCUT2D eigenvalue weighted by Crippen LogP contribution is -2.51. The maximum absolute atomic E-state index is 12.8. The molecule has 2 N–H and O–H groups in total.